The van der Waals surface area contributed by atoms with E-state index in [0.29, 0.717) is 31.0 Å². The first-order chi connectivity index (χ1) is 15.5. The van der Waals surface area contributed by atoms with Gasteiger partial charge in [0.25, 0.3) is 0 Å². The van der Waals surface area contributed by atoms with E-state index in [9.17, 15) is 18.4 Å². The first-order valence-corrected chi connectivity index (χ1v) is 11.3. The molecule has 1 fully saturated rings. The number of rotatable bonds is 10. The molecule has 32 heavy (non-hydrogen) atoms. The molecular formula is C25H31F2N3O2. The van der Waals surface area contributed by atoms with Crippen LogP contribution in [0, 0.1) is 17.6 Å². The molecule has 1 saturated carbocycles. The standard InChI is InChI=1S/C25H31F2N3O2/c26-20-8-6-19(7-9-20)17-24(31)30-23(16-18-4-2-1-3-5-18)25(32)29-15-14-28-22-12-10-21(27)11-13-22/h6-13,18,23,28H,1-5,14-17H2,(H,29,32)(H,30,31). The van der Waals surface area contributed by atoms with E-state index in [1.807, 2.05) is 0 Å². The highest BCUT2D eigenvalue weighted by molar-refractivity contribution is 5.88. The van der Waals surface area contributed by atoms with E-state index in [4.69, 9.17) is 0 Å². The number of benzene rings is 2. The Balaban J connectivity index is 1.51. The quantitative estimate of drug-likeness (QED) is 0.482. The first kappa shape index (κ1) is 23.7. The Hall–Kier alpha value is -2.96. The highest BCUT2D eigenvalue weighted by atomic mass is 19.1. The van der Waals surface area contributed by atoms with Crippen LogP contribution >= 0.6 is 0 Å². The van der Waals surface area contributed by atoms with Gasteiger partial charge in [0.1, 0.15) is 17.7 Å². The number of carbonyl (C=O) groups excluding carboxylic acids is 2. The number of halogens is 2. The summed E-state index contributed by atoms with van der Waals surface area (Å²) in [5.74, 6) is -0.687. The highest BCUT2D eigenvalue weighted by Crippen LogP contribution is 2.27. The van der Waals surface area contributed by atoms with E-state index in [1.165, 1.54) is 30.7 Å². The normalized spacial score (nSPS) is 15.1. The average molecular weight is 444 g/mol. The van der Waals surface area contributed by atoms with Crippen LogP contribution in [0.5, 0.6) is 0 Å². The molecule has 0 bridgehead atoms. The van der Waals surface area contributed by atoms with Gasteiger partial charge in [0.2, 0.25) is 11.8 Å². The van der Waals surface area contributed by atoms with E-state index < -0.39 is 6.04 Å². The lowest BCUT2D eigenvalue weighted by Crippen LogP contribution is -2.49. The number of amides is 2. The maximum atomic E-state index is 13.1. The van der Waals surface area contributed by atoms with Crippen LogP contribution in [-0.4, -0.2) is 30.9 Å². The third-order valence-electron chi connectivity index (χ3n) is 5.82. The molecule has 0 saturated heterocycles. The summed E-state index contributed by atoms with van der Waals surface area (Å²) in [7, 11) is 0. The van der Waals surface area contributed by atoms with Crippen molar-refractivity contribution in [2.75, 3.05) is 18.4 Å². The molecule has 172 valence electrons. The van der Waals surface area contributed by atoms with Gasteiger partial charge in [-0.1, -0.05) is 44.2 Å². The van der Waals surface area contributed by atoms with Gasteiger partial charge in [0, 0.05) is 18.8 Å². The third kappa shape index (κ3) is 7.94. The first-order valence-electron chi connectivity index (χ1n) is 11.3. The van der Waals surface area contributed by atoms with Crippen LogP contribution in [0.1, 0.15) is 44.1 Å². The zero-order valence-electron chi connectivity index (χ0n) is 18.2. The second-order valence-corrected chi connectivity index (χ2v) is 8.39. The lowest BCUT2D eigenvalue weighted by atomic mass is 9.84. The molecule has 1 aliphatic rings. The van der Waals surface area contributed by atoms with Gasteiger partial charge in [-0.05, 0) is 54.3 Å². The second-order valence-electron chi connectivity index (χ2n) is 8.39. The SMILES string of the molecule is O=C(Cc1ccc(F)cc1)NC(CC1CCCCC1)C(=O)NCCNc1ccc(F)cc1. The van der Waals surface area contributed by atoms with Crippen molar-refractivity contribution < 1.29 is 18.4 Å². The summed E-state index contributed by atoms with van der Waals surface area (Å²) < 4.78 is 26.1. The van der Waals surface area contributed by atoms with E-state index >= 15 is 0 Å². The maximum absolute atomic E-state index is 13.1. The minimum absolute atomic E-state index is 0.0981. The molecule has 1 unspecified atom stereocenters. The van der Waals surface area contributed by atoms with Gasteiger partial charge in [-0.2, -0.15) is 0 Å². The van der Waals surface area contributed by atoms with Crippen LogP contribution in [0.3, 0.4) is 0 Å². The Morgan fingerprint density at radius 2 is 1.50 bits per heavy atom. The molecule has 1 aliphatic carbocycles. The molecule has 2 amide bonds. The van der Waals surface area contributed by atoms with Crippen LogP contribution < -0.4 is 16.0 Å². The van der Waals surface area contributed by atoms with Crippen molar-refractivity contribution in [3.05, 3.63) is 65.7 Å². The Kier molecular flexibility index (Phi) is 9.01. The largest absolute Gasteiger partial charge is 0.383 e. The van der Waals surface area contributed by atoms with E-state index in [-0.39, 0.29) is 29.9 Å². The van der Waals surface area contributed by atoms with Crippen LogP contribution in [0.25, 0.3) is 0 Å². The monoisotopic (exact) mass is 443 g/mol. The van der Waals surface area contributed by atoms with Crippen LogP contribution in [-0.2, 0) is 16.0 Å². The van der Waals surface area contributed by atoms with Gasteiger partial charge < -0.3 is 16.0 Å². The van der Waals surface area contributed by atoms with Crippen molar-refractivity contribution in [3.63, 3.8) is 0 Å². The molecule has 3 rings (SSSR count). The fraction of sp³-hybridized carbons (Fsp3) is 0.440. The topological polar surface area (TPSA) is 70.2 Å². The number of carbonyl (C=O) groups is 2. The van der Waals surface area contributed by atoms with Gasteiger partial charge in [-0.15, -0.1) is 0 Å². The molecule has 5 nitrogen and oxygen atoms in total. The Morgan fingerprint density at radius 3 is 2.16 bits per heavy atom. The zero-order chi connectivity index (χ0) is 22.8. The Morgan fingerprint density at radius 1 is 0.875 bits per heavy atom. The minimum atomic E-state index is -0.600. The van der Waals surface area contributed by atoms with Crippen molar-refractivity contribution in [1.82, 2.24) is 10.6 Å². The Labute approximate surface area is 188 Å². The van der Waals surface area contributed by atoms with E-state index in [0.717, 1.165) is 31.4 Å². The predicted molar refractivity (Wildman–Crippen MR) is 121 cm³/mol. The number of anilines is 1. The summed E-state index contributed by atoms with van der Waals surface area (Å²) in [6.07, 6.45) is 6.40. The van der Waals surface area contributed by atoms with E-state index in [2.05, 4.69) is 16.0 Å². The van der Waals surface area contributed by atoms with Crippen molar-refractivity contribution >= 4 is 17.5 Å². The molecule has 1 atom stereocenters. The lowest BCUT2D eigenvalue weighted by Gasteiger charge is -2.26. The van der Waals surface area contributed by atoms with Gasteiger partial charge in [-0.3, -0.25) is 9.59 Å². The molecule has 0 aliphatic heterocycles. The van der Waals surface area contributed by atoms with E-state index in [1.54, 1.807) is 24.3 Å². The second kappa shape index (κ2) is 12.2. The third-order valence-corrected chi connectivity index (χ3v) is 5.82. The maximum Gasteiger partial charge on any atom is 0.242 e. The molecular weight excluding hydrogens is 412 g/mol. The molecule has 2 aromatic rings. The molecule has 0 aromatic heterocycles. The molecule has 0 heterocycles. The van der Waals surface area contributed by atoms with Gasteiger partial charge in [0.05, 0.1) is 6.42 Å². The van der Waals surface area contributed by atoms with Crippen LogP contribution in [0.4, 0.5) is 14.5 Å². The fourth-order valence-corrected chi connectivity index (χ4v) is 4.10. The number of hydrogen-bond acceptors (Lipinski definition) is 3. The van der Waals surface area contributed by atoms with Gasteiger partial charge >= 0.3 is 0 Å². The van der Waals surface area contributed by atoms with Crippen molar-refractivity contribution in [2.24, 2.45) is 5.92 Å². The van der Waals surface area contributed by atoms with Gasteiger partial charge in [-0.25, -0.2) is 8.78 Å². The number of nitrogens with one attached hydrogen (secondary N) is 3. The summed E-state index contributed by atoms with van der Waals surface area (Å²) in [5, 5.41) is 8.90. The highest BCUT2D eigenvalue weighted by Gasteiger charge is 2.25. The van der Waals surface area contributed by atoms with Crippen molar-refractivity contribution in [2.45, 2.75) is 51.0 Å². The summed E-state index contributed by atoms with van der Waals surface area (Å²) in [4.78, 5) is 25.4. The molecule has 0 radical (unpaired) electrons. The Bertz CT molecular complexity index is 866. The number of hydrogen-bond donors (Lipinski definition) is 3. The van der Waals surface area contributed by atoms with Crippen LogP contribution in [0.15, 0.2) is 48.5 Å². The molecule has 3 N–H and O–H groups in total. The lowest BCUT2D eigenvalue weighted by molar-refractivity contribution is -0.129. The zero-order valence-corrected chi connectivity index (χ0v) is 18.2. The average Bonchev–Trinajstić information content (AvgIpc) is 2.79. The fourth-order valence-electron chi connectivity index (χ4n) is 4.10. The van der Waals surface area contributed by atoms with Crippen molar-refractivity contribution in [1.29, 1.82) is 0 Å². The predicted octanol–water partition coefficient (Wildman–Crippen LogP) is 4.19. The summed E-state index contributed by atoms with van der Waals surface area (Å²) in [6.45, 7) is 0.863. The van der Waals surface area contributed by atoms with Gasteiger partial charge in [0.15, 0.2) is 0 Å². The summed E-state index contributed by atoms with van der Waals surface area (Å²) in [5.41, 5.74) is 1.47. The van der Waals surface area contributed by atoms with Crippen LogP contribution in [0.2, 0.25) is 0 Å². The summed E-state index contributed by atoms with van der Waals surface area (Å²) >= 11 is 0. The molecule has 2 aromatic carbocycles. The molecule has 0 spiro atoms. The molecule has 7 heteroatoms. The minimum Gasteiger partial charge on any atom is -0.383 e. The smallest absolute Gasteiger partial charge is 0.242 e. The summed E-state index contributed by atoms with van der Waals surface area (Å²) in [6, 6.07) is 11.2. The van der Waals surface area contributed by atoms with Crippen molar-refractivity contribution in [3.8, 4) is 0 Å².